The van der Waals surface area contributed by atoms with Gasteiger partial charge in [-0.05, 0) is 61.0 Å². The van der Waals surface area contributed by atoms with Crippen LogP contribution < -0.4 is 5.32 Å². The Bertz CT molecular complexity index is 1300. The van der Waals surface area contributed by atoms with Gasteiger partial charge in [0.15, 0.2) is 0 Å². The number of anilines is 1. The van der Waals surface area contributed by atoms with Crippen molar-refractivity contribution in [3.8, 4) is 11.8 Å². The molecule has 0 saturated carbocycles. The van der Waals surface area contributed by atoms with Crippen LogP contribution in [0.2, 0.25) is 0 Å². The minimum atomic E-state index is -4.53. The van der Waals surface area contributed by atoms with Gasteiger partial charge in [0, 0.05) is 67.5 Å². The molecule has 1 N–H and O–H groups in total. The Kier molecular flexibility index (Phi) is 8.27. The van der Waals surface area contributed by atoms with Crippen LogP contribution in [-0.2, 0) is 12.7 Å². The Labute approximate surface area is 215 Å². The molecule has 0 bridgehead atoms. The van der Waals surface area contributed by atoms with E-state index >= 15 is 0 Å². The molecular formula is C29H29F3N4O. The van der Waals surface area contributed by atoms with E-state index in [-0.39, 0.29) is 17.8 Å². The molecule has 0 radical (unpaired) electrons. The predicted molar refractivity (Wildman–Crippen MR) is 138 cm³/mol. The number of carbonyl (C=O) groups excluding carboxylic acids is 1. The second kappa shape index (κ2) is 11.6. The highest BCUT2D eigenvalue weighted by atomic mass is 19.4. The van der Waals surface area contributed by atoms with Gasteiger partial charge in [-0.1, -0.05) is 30.9 Å². The van der Waals surface area contributed by atoms with E-state index in [1.54, 1.807) is 36.7 Å². The summed E-state index contributed by atoms with van der Waals surface area (Å²) in [4.78, 5) is 21.3. The molecule has 0 unspecified atom stereocenters. The highest BCUT2D eigenvalue weighted by molar-refractivity contribution is 6.04. The number of nitrogens with one attached hydrogen (secondary N) is 1. The van der Waals surface area contributed by atoms with Crippen LogP contribution >= 0.6 is 0 Å². The van der Waals surface area contributed by atoms with E-state index in [0.717, 1.165) is 49.9 Å². The molecule has 2 aromatic carbocycles. The average Bonchev–Trinajstić information content (AvgIpc) is 2.89. The third-order valence-electron chi connectivity index (χ3n) is 6.48. The van der Waals surface area contributed by atoms with Crippen LogP contribution in [-0.4, -0.2) is 53.4 Å². The molecule has 1 aromatic heterocycles. The number of hydrogen-bond donors (Lipinski definition) is 1. The third-order valence-corrected chi connectivity index (χ3v) is 6.48. The molecule has 2 heterocycles. The van der Waals surface area contributed by atoms with Crippen molar-refractivity contribution in [3.05, 3.63) is 94.3 Å². The molecule has 37 heavy (non-hydrogen) atoms. The maximum absolute atomic E-state index is 13.9. The number of aromatic nitrogens is 1. The first-order valence-corrected chi connectivity index (χ1v) is 12.2. The molecule has 1 amide bonds. The number of alkyl halides is 3. The zero-order chi connectivity index (χ0) is 26.4. The Morgan fingerprint density at radius 2 is 1.78 bits per heavy atom. The van der Waals surface area contributed by atoms with Gasteiger partial charge in [0.05, 0.1) is 5.56 Å². The van der Waals surface area contributed by atoms with Crippen molar-refractivity contribution in [2.24, 2.45) is 0 Å². The van der Waals surface area contributed by atoms with Gasteiger partial charge in [-0.3, -0.25) is 14.7 Å². The monoisotopic (exact) mass is 506 g/mol. The number of benzene rings is 2. The quantitative estimate of drug-likeness (QED) is 0.484. The van der Waals surface area contributed by atoms with Crippen molar-refractivity contribution >= 4 is 11.6 Å². The van der Waals surface area contributed by atoms with Gasteiger partial charge in [-0.25, -0.2) is 0 Å². The molecule has 1 aliphatic heterocycles. The fraction of sp³-hybridized carbons (Fsp3) is 0.310. The summed E-state index contributed by atoms with van der Waals surface area (Å²) in [6.07, 6.45) is -1.22. The van der Waals surface area contributed by atoms with E-state index in [2.05, 4.69) is 34.0 Å². The van der Waals surface area contributed by atoms with Gasteiger partial charge in [-0.15, -0.1) is 0 Å². The molecule has 8 heteroatoms. The van der Waals surface area contributed by atoms with Crippen molar-refractivity contribution < 1.29 is 18.0 Å². The molecule has 192 valence electrons. The largest absolute Gasteiger partial charge is 0.416 e. The van der Waals surface area contributed by atoms with E-state index in [4.69, 9.17) is 0 Å². The van der Waals surface area contributed by atoms with Crippen molar-refractivity contribution in [3.63, 3.8) is 0 Å². The third kappa shape index (κ3) is 6.97. The van der Waals surface area contributed by atoms with Gasteiger partial charge < -0.3 is 10.2 Å². The Hall–Kier alpha value is -3.67. The van der Waals surface area contributed by atoms with Gasteiger partial charge in [0.1, 0.15) is 0 Å². The van der Waals surface area contributed by atoms with Crippen LogP contribution in [0.25, 0.3) is 0 Å². The number of likely N-dealkylation sites (N-methyl/N-ethyl adjacent to an activating group) is 1. The zero-order valence-corrected chi connectivity index (χ0v) is 20.9. The topological polar surface area (TPSA) is 48.5 Å². The standard InChI is InChI=1S/C29H29F3N4O/c1-3-35-13-15-36(16-14-35)20-25-10-11-26(18-27(25)29(30,31)32)34-28(37)24-8-6-21(2)23(17-24)9-7-22-5-4-12-33-19-22/h4-6,8,10-12,17-19H,3,13-16,20H2,1-2H3,(H,34,37). The summed E-state index contributed by atoms with van der Waals surface area (Å²) in [5, 5.41) is 2.62. The van der Waals surface area contributed by atoms with Crippen LogP contribution in [0, 0.1) is 18.8 Å². The number of rotatable bonds is 5. The SMILES string of the molecule is CCN1CCN(Cc2ccc(NC(=O)c3ccc(C)c(C#Cc4cccnc4)c3)cc2C(F)(F)F)CC1. The molecule has 0 spiro atoms. The Balaban J connectivity index is 1.51. The highest BCUT2D eigenvalue weighted by Crippen LogP contribution is 2.34. The molecule has 1 saturated heterocycles. The van der Waals surface area contributed by atoms with Gasteiger partial charge in [0.25, 0.3) is 5.91 Å². The van der Waals surface area contributed by atoms with Crippen molar-refractivity contribution in [2.75, 3.05) is 38.0 Å². The second-order valence-corrected chi connectivity index (χ2v) is 9.06. The normalized spacial score (nSPS) is 14.6. The lowest BCUT2D eigenvalue weighted by molar-refractivity contribution is -0.138. The lowest BCUT2D eigenvalue weighted by Crippen LogP contribution is -2.45. The van der Waals surface area contributed by atoms with Crippen LogP contribution in [0.5, 0.6) is 0 Å². The summed E-state index contributed by atoms with van der Waals surface area (Å²) in [5.74, 6) is 5.56. The summed E-state index contributed by atoms with van der Waals surface area (Å²) in [6.45, 7) is 8.26. The molecule has 1 fully saturated rings. The lowest BCUT2D eigenvalue weighted by Gasteiger charge is -2.34. The summed E-state index contributed by atoms with van der Waals surface area (Å²) in [6, 6.07) is 12.7. The molecule has 1 aliphatic rings. The van der Waals surface area contributed by atoms with Crippen LogP contribution in [0.4, 0.5) is 18.9 Å². The summed E-state index contributed by atoms with van der Waals surface area (Å²) >= 11 is 0. The maximum Gasteiger partial charge on any atom is 0.416 e. The number of halogens is 3. The van der Waals surface area contributed by atoms with Gasteiger partial charge in [-0.2, -0.15) is 13.2 Å². The second-order valence-electron chi connectivity index (χ2n) is 9.06. The summed E-state index contributed by atoms with van der Waals surface area (Å²) < 4.78 is 41.8. The Morgan fingerprint density at radius 3 is 2.46 bits per heavy atom. The first kappa shape index (κ1) is 26.4. The molecule has 5 nitrogen and oxygen atoms in total. The van der Waals surface area contributed by atoms with E-state index < -0.39 is 17.6 Å². The number of hydrogen-bond acceptors (Lipinski definition) is 4. The molecule has 3 aromatic rings. The molecule has 4 rings (SSSR count). The minimum Gasteiger partial charge on any atom is -0.322 e. The van der Waals surface area contributed by atoms with E-state index in [9.17, 15) is 18.0 Å². The van der Waals surface area contributed by atoms with Crippen molar-refractivity contribution in [1.29, 1.82) is 0 Å². The lowest BCUT2D eigenvalue weighted by atomic mass is 10.0. The average molecular weight is 507 g/mol. The van der Waals surface area contributed by atoms with E-state index in [1.165, 1.54) is 12.1 Å². The first-order chi connectivity index (χ1) is 17.7. The highest BCUT2D eigenvalue weighted by Gasteiger charge is 2.34. The maximum atomic E-state index is 13.9. The number of piperazine rings is 1. The van der Waals surface area contributed by atoms with Crippen molar-refractivity contribution in [2.45, 2.75) is 26.6 Å². The fourth-order valence-electron chi connectivity index (χ4n) is 4.24. The molecule has 0 atom stereocenters. The number of pyridine rings is 1. The number of aryl methyl sites for hydroxylation is 1. The van der Waals surface area contributed by atoms with E-state index in [0.29, 0.717) is 11.1 Å². The van der Waals surface area contributed by atoms with Crippen LogP contribution in [0.15, 0.2) is 60.9 Å². The van der Waals surface area contributed by atoms with Gasteiger partial charge >= 0.3 is 6.18 Å². The van der Waals surface area contributed by atoms with Gasteiger partial charge in [0.2, 0.25) is 0 Å². The summed E-state index contributed by atoms with van der Waals surface area (Å²) in [7, 11) is 0. The fourth-order valence-corrected chi connectivity index (χ4v) is 4.24. The minimum absolute atomic E-state index is 0.0976. The number of amides is 1. The first-order valence-electron chi connectivity index (χ1n) is 12.2. The summed E-state index contributed by atoms with van der Waals surface area (Å²) in [5.41, 5.74) is 2.17. The smallest absolute Gasteiger partial charge is 0.322 e. The number of carbonyl (C=O) groups is 1. The van der Waals surface area contributed by atoms with Crippen molar-refractivity contribution in [1.82, 2.24) is 14.8 Å². The predicted octanol–water partition coefficient (Wildman–Crippen LogP) is 5.20. The molecular weight excluding hydrogens is 477 g/mol. The van der Waals surface area contributed by atoms with E-state index in [1.807, 2.05) is 17.9 Å². The zero-order valence-electron chi connectivity index (χ0n) is 20.9. The molecule has 0 aliphatic carbocycles. The van der Waals surface area contributed by atoms with Crippen LogP contribution in [0.3, 0.4) is 0 Å². The number of nitrogens with zero attached hydrogens (tertiary/aromatic N) is 3. The Morgan fingerprint density at radius 1 is 1.03 bits per heavy atom. The van der Waals surface area contributed by atoms with Crippen LogP contribution in [0.1, 0.15) is 45.1 Å².